The number of aryl methyl sites for hydroxylation is 1. The largest absolute Gasteiger partial charge is 0.334 e. The SMILES string of the molecule is CN1CCNCC1c1noc(-c2csc3c2CCCC3)n1.Cl. The fraction of sp³-hybridized carbons (Fsp3) is 0.600. The number of halogens is 1. The lowest BCUT2D eigenvalue weighted by molar-refractivity contribution is 0.190. The van der Waals surface area contributed by atoms with Crippen LogP contribution in [0.25, 0.3) is 11.5 Å². The standard InChI is InChI=1S/C15H20N4OS.ClH/c1-19-7-6-16-8-12(19)14-17-15(20-18-14)11-9-21-13-5-3-2-4-10(11)13;/h9,12,16H,2-8H2,1H3;1H. The van der Waals surface area contributed by atoms with E-state index >= 15 is 0 Å². The molecule has 1 unspecified atom stereocenters. The van der Waals surface area contributed by atoms with Gasteiger partial charge in [0.05, 0.1) is 11.6 Å². The van der Waals surface area contributed by atoms with Gasteiger partial charge in [0.15, 0.2) is 5.82 Å². The van der Waals surface area contributed by atoms with Crippen LogP contribution in [0.5, 0.6) is 0 Å². The van der Waals surface area contributed by atoms with E-state index in [1.165, 1.54) is 35.3 Å². The van der Waals surface area contributed by atoms with E-state index in [1.54, 1.807) is 0 Å². The van der Waals surface area contributed by atoms with Gasteiger partial charge in [-0.15, -0.1) is 23.7 Å². The van der Waals surface area contributed by atoms with Crippen LogP contribution in [0.4, 0.5) is 0 Å². The van der Waals surface area contributed by atoms with Crippen molar-refractivity contribution in [2.24, 2.45) is 0 Å². The maximum atomic E-state index is 5.57. The van der Waals surface area contributed by atoms with E-state index in [0.717, 1.165) is 31.9 Å². The zero-order chi connectivity index (χ0) is 14.2. The minimum Gasteiger partial charge on any atom is -0.334 e. The summed E-state index contributed by atoms with van der Waals surface area (Å²) < 4.78 is 5.57. The topological polar surface area (TPSA) is 54.2 Å². The number of thiophene rings is 1. The molecule has 120 valence electrons. The smallest absolute Gasteiger partial charge is 0.259 e. The molecule has 7 heteroatoms. The van der Waals surface area contributed by atoms with E-state index in [-0.39, 0.29) is 18.4 Å². The van der Waals surface area contributed by atoms with Crippen molar-refractivity contribution in [2.45, 2.75) is 31.7 Å². The number of hydrogen-bond donors (Lipinski definition) is 1. The molecule has 2 aromatic rings. The van der Waals surface area contributed by atoms with Crippen molar-refractivity contribution in [2.75, 3.05) is 26.7 Å². The van der Waals surface area contributed by atoms with Crippen molar-refractivity contribution in [3.8, 4) is 11.5 Å². The van der Waals surface area contributed by atoms with Crippen LogP contribution < -0.4 is 5.32 Å². The molecule has 1 N–H and O–H groups in total. The van der Waals surface area contributed by atoms with Crippen molar-refractivity contribution < 1.29 is 4.52 Å². The van der Waals surface area contributed by atoms with Crippen molar-refractivity contribution in [3.63, 3.8) is 0 Å². The molecule has 0 amide bonds. The third kappa shape index (κ3) is 2.80. The van der Waals surface area contributed by atoms with Gasteiger partial charge in [0.25, 0.3) is 5.89 Å². The molecule has 1 aliphatic carbocycles. The van der Waals surface area contributed by atoms with Crippen LogP contribution in [0.15, 0.2) is 9.90 Å². The lowest BCUT2D eigenvalue weighted by Gasteiger charge is -2.30. The Hall–Kier alpha value is -0.950. The Bertz CT molecular complexity index is 641. The van der Waals surface area contributed by atoms with Crippen molar-refractivity contribution in [1.29, 1.82) is 0 Å². The lowest BCUT2D eigenvalue weighted by Crippen LogP contribution is -2.44. The average Bonchev–Trinajstić information content (AvgIpc) is 3.14. The number of fused-ring (bicyclic) bond motifs is 1. The molecule has 5 nitrogen and oxygen atoms in total. The summed E-state index contributed by atoms with van der Waals surface area (Å²) in [6, 6.07) is 0.214. The Labute approximate surface area is 140 Å². The first-order chi connectivity index (χ1) is 10.3. The van der Waals surface area contributed by atoms with Crippen molar-refractivity contribution in [1.82, 2.24) is 20.4 Å². The Morgan fingerprint density at radius 1 is 1.36 bits per heavy atom. The molecule has 4 rings (SSSR count). The molecule has 0 saturated carbocycles. The Morgan fingerprint density at radius 3 is 3.09 bits per heavy atom. The van der Waals surface area contributed by atoms with Crippen LogP contribution in [-0.2, 0) is 12.8 Å². The van der Waals surface area contributed by atoms with Gasteiger partial charge in [0, 0.05) is 29.9 Å². The van der Waals surface area contributed by atoms with Gasteiger partial charge in [-0.25, -0.2) is 0 Å². The first-order valence-corrected chi connectivity index (χ1v) is 8.55. The first-order valence-electron chi connectivity index (χ1n) is 7.67. The summed E-state index contributed by atoms with van der Waals surface area (Å²) >= 11 is 1.84. The van der Waals surface area contributed by atoms with Crippen LogP contribution in [0.1, 0.15) is 35.1 Å². The molecule has 1 fully saturated rings. The fourth-order valence-electron chi connectivity index (χ4n) is 3.25. The highest BCUT2D eigenvalue weighted by Gasteiger charge is 2.27. The highest BCUT2D eigenvalue weighted by Crippen LogP contribution is 2.36. The maximum Gasteiger partial charge on any atom is 0.259 e. The van der Waals surface area contributed by atoms with Crippen LogP contribution >= 0.6 is 23.7 Å². The molecule has 0 radical (unpaired) electrons. The number of nitrogens with zero attached hydrogens (tertiary/aromatic N) is 3. The highest BCUT2D eigenvalue weighted by atomic mass is 35.5. The second-order valence-electron chi connectivity index (χ2n) is 5.92. The molecule has 2 aromatic heterocycles. The van der Waals surface area contributed by atoms with Gasteiger partial charge in [-0.1, -0.05) is 5.16 Å². The summed E-state index contributed by atoms with van der Waals surface area (Å²) in [5.74, 6) is 1.50. The lowest BCUT2D eigenvalue weighted by atomic mass is 9.96. The number of aromatic nitrogens is 2. The molecule has 0 spiro atoms. The minimum atomic E-state index is 0. The van der Waals surface area contributed by atoms with Gasteiger partial charge in [-0.2, -0.15) is 4.98 Å². The normalized spacial score (nSPS) is 22.1. The highest BCUT2D eigenvalue weighted by molar-refractivity contribution is 7.10. The number of likely N-dealkylation sites (N-methyl/N-ethyl adjacent to an activating group) is 1. The van der Waals surface area contributed by atoms with E-state index in [9.17, 15) is 0 Å². The summed E-state index contributed by atoms with van der Waals surface area (Å²) in [5, 5.41) is 9.82. The van der Waals surface area contributed by atoms with Crippen molar-refractivity contribution >= 4 is 23.7 Å². The van der Waals surface area contributed by atoms with E-state index in [4.69, 9.17) is 4.52 Å². The van der Waals surface area contributed by atoms with Gasteiger partial charge in [-0.05, 0) is 38.3 Å². The maximum absolute atomic E-state index is 5.57. The third-order valence-corrected chi connectivity index (χ3v) is 5.63. The van der Waals surface area contributed by atoms with E-state index < -0.39 is 0 Å². The van der Waals surface area contributed by atoms with E-state index in [0.29, 0.717) is 5.89 Å². The van der Waals surface area contributed by atoms with Gasteiger partial charge in [0.2, 0.25) is 0 Å². The fourth-order valence-corrected chi connectivity index (χ4v) is 4.37. The van der Waals surface area contributed by atoms with Crippen LogP contribution in [0.2, 0.25) is 0 Å². The number of piperazine rings is 1. The molecule has 0 aromatic carbocycles. The van der Waals surface area contributed by atoms with Gasteiger partial charge in [-0.3, -0.25) is 4.90 Å². The Kier molecular flexibility index (Phi) is 4.82. The van der Waals surface area contributed by atoms with Crippen LogP contribution in [0, 0.1) is 0 Å². The van der Waals surface area contributed by atoms with Crippen LogP contribution in [0.3, 0.4) is 0 Å². The molecule has 1 aliphatic heterocycles. The summed E-state index contributed by atoms with van der Waals surface area (Å²) in [5.41, 5.74) is 2.61. The summed E-state index contributed by atoms with van der Waals surface area (Å²) in [4.78, 5) is 8.47. The van der Waals surface area contributed by atoms with Gasteiger partial charge in [0.1, 0.15) is 0 Å². The summed E-state index contributed by atoms with van der Waals surface area (Å²) in [6.45, 7) is 2.93. The van der Waals surface area contributed by atoms with E-state index in [1.807, 2.05) is 11.3 Å². The van der Waals surface area contributed by atoms with E-state index in [2.05, 4.69) is 32.8 Å². The molecule has 2 aliphatic rings. The van der Waals surface area contributed by atoms with Gasteiger partial charge < -0.3 is 9.84 Å². The predicted octanol–water partition coefficient (Wildman–Crippen LogP) is 2.67. The second kappa shape index (κ2) is 6.66. The van der Waals surface area contributed by atoms with Gasteiger partial charge >= 0.3 is 0 Å². The molecular formula is C15H21ClN4OS. The first kappa shape index (κ1) is 15.9. The molecule has 1 saturated heterocycles. The van der Waals surface area contributed by atoms with Crippen LogP contribution in [-0.4, -0.2) is 41.7 Å². The van der Waals surface area contributed by atoms with Crippen molar-refractivity contribution in [3.05, 3.63) is 21.6 Å². The third-order valence-electron chi connectivity index (χ3n) is 4.54. The summed E-state index contributed by atoms with van der Waals surface area (Å²) in [6.07, 6.45) is 4.93. The Morgan fingerprint density at radius 2 is 2.23 bits per heavy atom. The Balaban J connectivity index is 0.00000144. The zero-order valence-electron chi connectivity index (χ0n) is 12.7. The molecule has 0 bridgehead atoms. The summed E-state index contributed by atoms with van der Waals surface area (Å²) in [7, 11) is 2.12. The second-order valence-corrected chi connectivity index (χ2v) is 6.88. The zero-order valence-corrected chi connectivity index (χ0v) is 14.3. The monoisotopic (exact) mass is 340 g/mol. The minimum absolute atomic E-state index is 0. The molecule has 22 heavy (non-hydrogen) atoms. The number of nitrogens with one attached hydrogen (secondary N) is 1. The molecular weight excluding hydrogens is 320 g/mol. The number of hydrogen-bond acceptors (Lipinski definition) is 6. The molecule has 3 heterocycles. The predicted molar refractivity (Wildman–Crippen MR) is 89.7 cm³/mol. The average molecular weight is 341 g/mol. The quantitative estimate of drug-likeness (QED) is 0.911. The molecule has 1 atom stereocenters. The number of rotatable bonds is 2.